The van der Waals surface area contributed by atoms with Crippen molar-refractivity contribution in [2.24, 2.45) is 11.8 Å². The van der Waals surface area contributed by atoms with Crippen molar-refractivity contribution in [1.82, 2.24) is 0 Å². The van der Waals surface area contributed by atoms with E-state index in [-0.39, 0.29) is 45.1 Å². The third kappa shape index (κ3) is 6.43. The van der Waals surface area contributed by atoms with E-state index in [4.69, 9.17) is 27.6 Å². The molecule has 0 saturated heterocycles. The Morgan fingerprint density at radius 3 is 2.09 bits per heavy atom. The molecule has 0 bridgehead atoms. The summed E-state index contributed by atoms with van der Waals surface area (Å²) >= 11 is 0. The second-order valence-electron chi connectivity index (χ2n) is 12.1. The van der Waals surface area contributed by atoms with Gasteiger partial charge in [-0.25, -0.2) is 0 Å². The summed E-state index contributed by atoms with van der Waals surface area (Å²) < 4.78 is 36.4. The number of hydrogen-bond donors (Lipinski definition) is 0. The molecule has 11 heteroatoms. The van der Waals surface area contributed by atoms with Crippen LogP contribution in [0.15, 0.2) is 54.6 Å². The average Bonchev–Trinajstić information content (AvgIpc) is 3.05. The number of rotatable bonds is 7. The monoisotopic (exact) mass is 777 g/mol. The van der Waals surface area contributed by atoms with Crippen molar-refractivity contribution in [3.05, 3.63) is 105 Å². The molecule has 2 aliphatic heterocycles. The summed E-state index contributed by atoms with van der Waals surface area (Å²) in [6, 6.07) is 22.1. The summed E-state index contributed by atoms with van der Waals surface area (Å²) in [4.78, 5) is 0. The molecule has 9 unspecified atom stereocenters. The summed E-state index contributed by atoms with van der Waals surface area (Å²) in [5, 5.41) is 0. The minimum absolute atomic E-state index is 0. The molecule has 2 aliphatic rings. The summed E-state index contributed by atoms with van der Waals surface area (Å²) in [5.41, 5.74) is 9.02. The largest absolute Gasteiger partial charge is 0.543 e. The first-order valence-electron chi connectivity index (χ1n) is 14.9. The van der Waals surface area contributed by atoms with Gasteiger partial charge in [0.15, 0.2) is 11.5 Å². The number of fused-ring (bicyclic) bond motifs is 2. The van der Waals surface area contributed by atoms with Gasteiger partial charge in [0.05, 0.1) is 37.9 Å². The number of benzene rings is 4. The minimum atomic E-state index is -0.333. The fraction of sp³-hybridized carbons (Fsp3) is 0.314. The average molecular weight is 776 g/mol. The van der Waals surface area contributed by atoms with Crippen LogP contribution in [0.2, 0.25) is 0 Å². The minimum Gasteiger partial charge on any atom is -0.543 e. The number of aryl methyl sites for hydroxylation is 3. The predicted octanol–water partition coefficient (Wildman–Crippen LogP) is 9.30. The smallest absolute Gasteiger partial charge is 0.165 e. The van der Waals surface area contributed by atoms with Crippen LogP contribution in [-0.4, -0.2) is 0 Å². The zero-order chi connectivity index (χ0) is 32.0. The molecule has 0 saturated carbocycles. The van der Waals surface area contributed by atoms with E-state index in [2.05, 4.69) is 103 Å². The maximum absolute atomic E-state index is 7.09. The first kappa shape index (κ1) is 35.4. The molecule has 4 aromatic carbocycles. The van der Waals surface area contributed by atoms with Gasteiger partial charge in [0, 0.05) is 56.3 Å². The molecule has 2 heterocycles. The van der Waals surface area contributed by atoms with E-state index < -0.39 is 0 Å². The van der Waals surface area contributed by atoms with Gasteiger partial charge in [0.25, 0.3) is 0 Å². The number of hydrogen-bond acceptors (Lipinski definition) is 6. The Kier molecular flexibility index (Phi) is 11.3. The van der Waals surface area contributed by atoms with E-state index in [0.29, 0.717) is 34.7 Å². The van der Waals surface area contributed by atoms with Crippen molar-refractivity contribution in [3.63, 3.8) is 0 Å². The zero-order valence-electron chi connectivity index (χ0n) is 26.5. The zero-order valence-corrected chi connectivity index (χ0v) is 33.1. The van der Waals surface area contributed by atoms with Crippen molar-refractivity contribution in [3.8, 4) is 34.5 Å². The summed E-state index contributed by atoms with van der Waals surface area (Å²) in [5.74, 6) is 4.13. The van der Waals surface area contributed by atoms with Crippen molar-refractivity contribution < 1.29 is 48.6 Å². The molecular formula is C35H39MoO6P4-. The van der Waals surface area contributed by atoms with Gasteiger partial charge in [-0.15, -0.1) is 11.1 Å². The third-order valence-electron chi connectivity index (χ3n) is 9.36. The van der Waals surface area contributed by atoms with Crippen LogP contribution in [0.3, 0.4) is 0 Å². The fourth-order valence-corrected chi connectivity index (χ4v) is 7.52. The first-order valence-corrected chi connectivity index (χ1v) is 16.8. The Morgan fingerprint density at radius 2 is 1.41 bits per heavy atom. The standard InChI is InChI=1S/C35H39O6P4.Mo/c1-17-6-8-22(12-19(17)3)33-20(4)13-26-18(2)7-10-25(35(26)37-33)31-21(5)34(23-9-11-27(39-43)28(14-23)40-44)36-29-15-24(38-42)16-30(41-45)32(29)31;/h6-9,11-12,14-16,20-21,31,33-34H,13,42-45H2,1-5H3;/q-1;. The van der Waals surface area contributed by atoms with Crippen LogP contribution < -0.4 is 27.6 Å². The van der Waals surface area contributed by atoms with Crippen molar-refractivity contribution >= 4 is 37.9 Å². The van der Waals surface area contributed by atoms with Crippen LogP contribution in [0.5, 0.6) is 34.5 Å². The predicted molar refractivity (Wildman–Crippen MR) is 191 cm³/mol. The molecule has 0 aliphatic carbocycles. The fourth-order valence-electron chi connectivity index (χ4n) is 6.81. The summed E-state index contributed by atoms with van der Waals surface area (Å²) in [6.07, 6.45) is 0.496. The second-order valence-corrected chi connectivity index (χ2v) is 13.1. The van der Waals surface area contributed by atoms with Crippen LogP contribution in [0.4, 0.5) is 0 Å². The van der Waals surface area contributed by atoms with E-state index >= 15 is 0 Å². The van der Waals surface area contributed by atoms with Crippen molar-refractivity contribution in [2.75, 3.05) is 0 Å². The molecule has 46 heavy (non-hydrogen) atoms. The van der Waals surface area contributed by atoms with E-state index in [9.17, 15) is 0 Å². The molecule has 6 nitrogen and oxygen atoms in total. The molecule has 242 valence electrons. The molecule has 0 aromatic heterocycles. The van der Waals surface area contributed by atoms with Crippen LogP contribution in [-0.2, 0) is 27.5 Å². The Morgan fingerprint density at radius 1 is 0.717 bits per heavy atom. The number of ether oxygens (including phenoxy) is 2. The van der Waals surface area contributed by atoms with Gasteiger partial charge in [-0.2, -0.15) is 17.7 Å². The van der Waals surface area contributed by atoms with Crippen LogP contribution in [0, 0.1) is 38.7 Å². The topological polar surface area (TPSA) is 55.4 Å². The van der Waals surface area contributed by atoms with E-state index in [1.165, 1.54) is 27.8 Å². The normalized spacial score (nSPS) is 21.5. The van der Waals surface area contributed by atoms with Crippen LogP contribution in [0.1, 0.15) is 76.5 Å². The second kappa shape index (κ2) is 14.7. The van der Waals surface area contributed by atoms with Crippen LogP contribution >= 0.6 is 37.9 Å². The van der Waals surface area contributed by atoms with Gasteiger partial charge < -0.3 is 27.6 Å². The maximum atomic E-state index is 7.09. The van der Waals surface area contributed by atoms with Gasteiger partial charge in [-0.05, 0) is 60.6 Å². The van der Waals surface area contributed by atoms with E-state index in [1.54, 1.807) is 0 Å². The molecule has 0 radical (unpaired) electrons. The van der Waals surface area contributed by atoms with E-state index in [0.717, 1.165) is 28.9 Å². The van der Waals surface area contributed by atoms with Gasteiger partial charge in [-0.3, -0.25) is 0 Å². The Hall–Kier alpha value is -1.91. The van der Waals surface area contributed by atoms with E-state index in [1.807, 2.05) is 30.3 Å². The van der Waals surface area contributed by atoms with Crippen molar-refractivity contribution in [1.29, 1.82) is 0 Å². The van der Waals surface area contributed by atoms with Gasteiger partial charge >= 0.3 is 0 Å². The quantitative estimate of drug-likeness (QED) is 0.106. The van der Waals surface area contributed by atoms with Gasteiger partial charge in [0.1, 0.15) is 29.5 Å². The molecule has 6 rings (SSSR count). The summed E-state index contributed by atoms with van der Waals surface area (Å²) in [7, 11) is 9.27. The molecule has 0 spiro atoms. The van der Waals surface area contributed by atoms with Gasteiger partial charge in [-0.1, -0.05) is 45.0 Å². The Balaban J connectivity index is 0.00000417. The van der Waals surface area contributed by atoms with Gasteiger partial charge in [0.2, 0.25) is 0 Å². The van der Waals surface area contributed by atoms with Crippen molar-refractivity contribution in [2.45, 2.75) is 59.2 Å². The molecule has 0 fully saturated rings. The Bertz CT molecular complexity index is 1750. The molecule has 4 aromatic rings. The third-order valence-corrected chi connectivity index (χ3v) is 10.4. The first-order chi connectivity index (χ1) is 21.7. The SMILES string of the molecule is Cc1ccc(C2Oc3c(C4c5c(OP)cc(OP)cc5OC(c5ccc(OP)c(OP)c5)C4C)[c-]cc(C)c3CC2C)cc1C.[Mo]. The Labute approximate surface area is 295 Å². The molecule has 0 N–H and O–H groups in total. The molecular weight excluding hydrogens is 736 g/mol. The maximum Gasteiger partial charge on any atom is 0.165 e. The molecule has 9 atom stereocenters. The molecule has 0 amide bonds. The summed E-state index contributed by atoms with van der Waals surface area (Å²) in [6.45, 7) is 10.9. The van der Waals surface area contributed by atoms with Crippen LogP contribution in [0.25, 0.3) is 0 Å².